The number of nitrogens with zero attached hydrogens (tertiary/aromatic N) is 1. The van der Waals surface area contributed by atoms with Gasteiger partial charge in [0.05, 0.1) is 11.7 Å². The number of hydrogen-bond acceptors (Lipinski definition) is 3. The highest BCUT2D eigenvalue weighted by Crippen LogP contribution is 2.46. The van der Waals surface area contributed by atoms with Crippen molar-refractivity contribution in [3.05, 3.63) is 35.4 Å². The summed E-state index contributed by atoms with van der Waals surface area (Å²) in [5.74, 6) is 0. The fraction of sp³-hybridized carbons (Fsp3) is 0.429. The van der Waals surface area contributed by atoms with E-state index >= 15 is 0 Å². The van der Waals surface area contributed by atoms with Crippen LogP contribution in [0.4, 0.5) is 0 Å². The van der Waals surface area contributed by atoms with Crippen molar-refractivity contribution < 1.29 is 9.90 Å². The molecule has 1 N–H and O–H groups in total. The van der Waals surface area contributed by atoms with Crippen molar-refractivity contribution in [2.75, 3.05) is 0 Å². The van der Waals surface area contributed by atoms with Crippen LogP contribution in [0.5, 0.6) is 0 Å². The normalized spacial score (nSPS) is 25.7. The zero-order valence-electron chi connectivity index (χ0n) is 9.81. The lowest BCUT2D eigenvalue weighted by Crippen LogP contribution is -2.47. The molecular weight excluding hydrogens is 214 g/mol. The molecule has 0 spiro atoms. The first-order valence-corrected chi connectivity index (χ1v) is 5.73. The molecule has 2 unspecified atom stereocenters. The molecule has 0 aliphatic heterocycles. The molecule has 0 saturated carbocycles. The third-order valence-electron chi connectivity index (χ3n) is 3.84. The minimum absolute atomic E-state index is 0.0190. The second-order valence-corrected chi connectivity index (χ2v) is 4.82. The summed E-state index contributed by atoms with van der Waals surface area (Å²) >= 11 is 0. The monoisotopic (exact) mass is 229 g/mol. The highest BCUT2D eigenvalue weighted by atomic mass is 16.3. The Morgan fingerprint density at radius 2 is 2.29 bits per heavy atom. The van der Waals surface area contributed by atoms with Gasteiger partial charge in [-0.2, -0.15) is 5.26 Å². The number of carbonyl (C=O) groups is 1. The Morgan fingerprint density at radius 1 is 1.59 bits per heavy atom. The standard InChI is InChI=1S/C14H15NO2/c1-13(17,8-9-16)14(10-15)7-6-11-4-2-3-5-12(11)14/h2-5,9,17H,6-8H2,1H3. The van der Waals surface area contributed by atoms with Crippen molar-refractivity contribution in [3.63, 3.8) is 0 Å². The molecule has 0 heterocycles. The first kappa shape index (κ1) is 11.8. The molecule has 1 aliphatic carbocycles. The van der Waals surface area contributed by atoms with Crippen molar-refractivity contribution >= 4 is 6.29 Å². The summed E-state index contributed by atoms with van der Waals surface area (Å²) in [7, 11) is 0. The van der Waals surface area contributed by atoms with E-state index < -0.39 is 11.0 Å². The summed E-state index contributed by atoms with van der Waals surface area (Å²) in [6.07, 6.45) is 2.01. The van der Waals surface area contributed by atoms with E-state index in [0.717, 1.165) is 17.5 Å². The average Bonchev–Trinajstić information content (AvgIpc) is 2.69. The van der Waals surface area contributed by atoms with Crippen LogP contribution in [0.3, 0.4) is 0 Å². The molecule has 2 atom stereocenters. The lowest BCUT2D eigenvalue weighted by molar-refractivity contribution is -0.113. The number of fused-ring (bicyclic) bond motifs is 1. The molecule has 3 heteroatoms. The fourth-order valence-corrected chi connectivity index (χ4v) is 2.74. The van der Waals surface area contributed by atoms with Gasteiger partial charge in [0.15, 0.2) is 0 Å². The smallest absolute Gasteiger partial charge is 0.122 e. The molecule has 0 aromatic heterocycles. The van der Waals surface area contributed by atoms with E-state index in [1.807, 2.05) is 24.3 Å². The second kappa shape index (κ2) is 3.97. The van der Waals surface area contributed by atoms with Crippen LogP contribution in [0.1, 0.15) is 30.9 Å². The fourth-order valence-electron chi connectivity index (χ4n) is 2.74. The molecule has 0 fully saturated rings. The zero-order chi connectivity index (χ0) is 12.5. The zero-order valence-corrected chi connectivity index (χ0v) is 9.81. The van der Waals surface area contributed by atoms with Gasteiger partial charge in [-0.15, -0.1) is 0 Å². The van der Waals surface area contributed by atoms with Crippen molar-refractivity contribution in [3.8, 4) is 6.07 Å². The first-order valence-electron chi connectivity index (χ1n) is 5.73. The Morgan fingerprint density at radius 3 is 2.94 bits per heavy atom. The van der Waals surface area contributed by atoms with Crippen LogP contribution >= 0.6 is 0 Å². The van der Waals surface area contributed by atoms with E-state index in [0.29, 0.717) is 12.7 Å². The molecule has 0 radical (unpaired) electrons. The highest BCUT2D eigenvalue weighted by molar-refractivity contribution is 5.56. The maximum Gasteiger partial charge on any atom is 0.122 e. The highest BCUT2D eigenvalue weighted by Gasteiger charge is 2.52. The van der Waals surface area contributed by atoms with E-state index in [-0.39, 0.29) is 6.42 Å². The van der Waals surface area contributed by atoms with Crippen LogP contribution in [0.2, 0.25) is 0 Å². The summed E-state index contributed by atoms with van der Waals surface area (Å²) in [5.41, 5.74) is -0.296. The molecular formula is C14H15NO2. The van der Waals surface area contributed by atoms with Crippen molar-refractivity contribution in [2.45, 2.75) is 37.2 Å². The number of hydrogen-bond donors (Lipinski definition) is 1. The molecule has 0 amide bonds. The van der Waals surface area contributed by atoms with Crippen LogP contribution in [0, 0.1) is 11.3 Å². The van der Waals surface area contributed by atoms with Crippen LogP contribution in [-0.2, 0) is 16.6 Å². The minimum Gasteiger partial charge on any atom is -0.388 e. The number of aldehydes is 1. The third-order valence-corrected chi connectivity index (χ3v) is 3.84. The van der Waals surface area contributed by atoms with Gasteiger partial charge in [0, 0.05) is 6.42 Å². The lowest BCUT2D eigenvalue weighted by Gasteiger charge is -2.37. The molecule has 0 bridgehead atoms. The van der Waals surface area contributed by atoms with Gasteiger partial charge in [-0.3, -0.25) is 0 Å². The third kappa shape index (κ3) is 1.57. The first-order chi connectivity index (χ1) is 8.07. The van der Waals surface area contributed by atoms with E-state index in [2.05, 4.69) is 6.07 Å². The van der Waals surface area contributed by atoms with Crippen molar-refractivity contribution in [2.24, 2.45) is 0 Å². The number of aliphatic hydroxyl groups is 1. The minimum atomic E-state index is -1.31. The van der Waals surface area contributed by atoms with Crippen LogP contribution in [0.25, 0.3) is 0 Å². The molecule has 1 aromatic carbocycles. The van der Waals surface area contributed by atoms with Gasteiger partial charge in [-0.25, -0.2) is 0 Å². The van der Waals surface area contributed by atoms with Crippen molar-refractivity contribution in [1.82, 2.24) is 0 Å². The summed E-state index contributed by atoms with van der Waals surface area (Å²) in [5, 5.41) is 20.0. The van der Waals surface area contributed by atoms with E-state index in [1.54, 1.807) is 6.92 Å². The van der Waals surface area contributed by atoms with E-state index in [1.165, 1.54) is 0 Å². The molecule has 1 aliphatic rings. The summed E-state index contributed by atoms with van der Waals surface area (Å²) in [6, 6.07) is 9.91. The topological polar surface area (TPSA) is 61.1 Å². The Bertz CT molecular complexity index is 487. The van der Waals surface area contributed by atoms with E-state index in [9.17, 15) is 15.2 Å². The Kier molecular flexibility index (Phi) is 2.76. The summed E-state index contributed by atoms with van der Waals surface area (Å²) in [4.78, 5) is 10.7. The van der Waals surface area contributed by atoms with Crippen LogP contribution in [0.15, 0.2) is 24.3 Å². The van der Waals surface area contributed by atoms with Gasteiger partial charge in [0.1, 0.15) is 11.7 Å². The average molecular weight is 229 g/mol. The number of aryl methyl sites for hydroxylation is 1. The van der Waals surface area contributed by atoms with Crippen LogP contribution in [-0.4, -0.2) is 17.0 Å². The van der Waals surface area contributed by atoms with Gasteiger partial charge in [-0.1, -0.05) is 24.3 Å². The number of rotatable bonds is 3. The van der Waals surface area contributed by atoms with Gasteiger partial charge in [-0.05, 0) is 30.9 Å². The maximum absolute atomic E-state index is 10.7. The Labute approximate surface area is 101 Å². The lowest BCUT2D eigenvalue weighted by atomic mass is 9.68. The largest absolute Gasteiger partial charge is 0.388 e. The molecule has 3 nitrogen and oxygen atoms in total. The Balaban J connectivity index is 2.56. The SMILES string of the molecule is CC(O)(CC=O)C1(C#N)CCc2ccccc21. The molecule has 2 rings (SSSR count). The van der Waals surface area contributed by atoms with Gasteiger partial charge in [0.2, 0.25) is 0 Å². The van der Waals surface area contributed by atoms with E-state index in [4.69, 9.17) is 0 Å². The Hall–Kier alpha value is -1.66. The predicted octanol–water partition coefficient (Wildman–Crippen LogP) is 1.73. The summed E-state index contributed by atoms with van der Waals surface area (Å²) < 4.78 is 0. The summed E-state index contributed by atoms with van der Waals surface area (Å²) in [6.45, 7) is 1.58. The van der Waals surface area contributed by atoms with Gasteiger partial charge < -0.3 is 9.90 Å². The quantitative estimate of drug-likeness (QED) is 0.803. The van der Waals surface area contributed by atoms with Gasteiger partial charge in [0.25, 0.3) is 0 Å². The molecule has 17 heavy (non-hydrogen) atoms. The molecule has 0 saturated heterocycles. The van der Waals surface area contributed by atoms with Gasteiger partial charge >= 0.3 is 0 Å². The number of carbonyl (C=O) groups excluding carboxylic acids is 1. The predicted molar refractivity (Wildman–Crippen MR) is 63.4 cm³/mol. The molecule has 88 valence electrons. The number of benzene rings is 1. The maximum atomic E-state index is 10.7. The second-order valence-electron chi connectivity index (χ2n) is 4.82. The van der Waals surface area contributed by atoms with Crippen molar-refractivity contribution in [1.29, 1.82) is 5.26 Å². The molecule has 1 aromatic rings. The number of nitriles is 1. The van der Waals surface area contributed by atoms with Crippen LogP contribution < -0.4 is 0 Å².